The van der Waals surface area contributed by atoms with Crippen LogP contribution in [0.5, 0.6) is 0 Å². The summed E-state index contributed by atoms with van der Waals surface area (Å²) >= 11 is 0. The van der Waals surface area contributed by atoms with Crippen molar-refractivity contribution in [2.45, 2.75) is 290 Å². The van der Waals surface area contributed by atoms with Crippen LogP contribution in [0.2, 0.25) is 0 Å². The Hall–Kier alpha value is -1.85. The molecule has 0 aliphatic carbocycles. The topological polar surface area (TPSA) is 78.9 Å². The Morgan fingerprint density at radius 3 is 0.862 bits per heavy atom. The van der Waals surface area contributed by atoms with Crippen molar-refractivity contribution in [2.24, 2.45) is 0 Å². The molecule has 1 atom stereocenters. The lowest BCUT2D eigenvalue weighted by Crippen LogP contribution is -2.30. The van der Waals surface area contributed by atoms with Gasteiger partial charge < -0.3 is 14.2 Å². The highest BCUT2D eigenvalue weighted by Crippen LogP contribution is 2.16. The van der Waals surface area contributed by atoms with E-state index in [4.69, 9.17) is 14.2 Å². The molecule has 0 spiro atoms. The lowest BCUT2D eigenvalue weighted by atomic mass is 10.0. The Bertz CT molecular complexity index is 900. The van der Waals surface area contributed by atoms with Crippen LogP contribution in [0, 0.1) is 0 Å². The average molecular weight is 819 g/mol. The number of rotatable bonds is 47. The van der Waals surface area contributed by atoms with Gasteiger partial charge in [-0.05, 0) is 44.9 Å². The summed E-state index contributed by atoms with van der Waals surface area (Å²) in [6.45, 7) is 6.63. The van der Waals surface area contributed by atoms with Crippen molar-refractivity contribution in [3.8, 4) is 0 Å². The normalized spacial score (nSPS) is 12.0. The number of hydrogen-bond acceptors (Lipinski definition) is 6. The highest BCUT2D eigenvalue weighted by atomic mass is 16.6. The van der Waals surface area contributed by atoms with Crippen LogP contribution >= 0.6 is 0 Å². The Balaban J connectivity index is 4.25. The maximum Gasteiger partial charge on any atom is 0.306 e. The number of carbonyl (C=O) groups excluding carboxylic acids is 3. The standard InChI is InChI=1S/C52H98O6/c1-4-7-10-13-16-19-21-23-25-26-28-29-31-33-36-39-42-45-51(54)57-48-49(47-56-50(53)44-41-38-35-18-15-12-9-6-3)58-52(55)46-43-40-37-34-32-30-27-24-22-20-17-14-11-8-5-2/h23,25,49H,4-22,24,26-48H2,1-3H3/b25-23-. The molecule has 0 heterocycles. The number of hydrogen-bond donors (Lipinski definition) is 0. The second-order valence-electron chi connectivity index (χ2n) is 17.4. The third kappa shape index (κ3) is 45.2. The molecule has 6 nitrogen and oxygen atoms in total. The van der Waals surface area contributed by atoms with Crippen molar-refractivity contribution in [3.63, 3.8) is 0 Å². The first-order valence-electron chi connectivity index (χ1n) is 25.7. The summed E-state index contributed by atoms with van der Waals surface area (Å²) < 4.78 is 16.8. The summed E-state index contributed by atoms with van der Waals surface area (Å²) in [7, 11) is 0. The van der Waals surface area contributed by atoms with Gasteiger partial charge in [0.1, 0.15) is 13.2 Å². The minimum Gasteiger partial charge on any atom is -0.462 e. The number of unbranched alkanes of at least 4 members (excludes halogenated alkanes) is 34. The van der Waals surface area contributed by atoms with Gasteiger partial charge in [-0.1, -0.05) is 232 Å². The van der Waals surface area contributed by atoms with Gasteiger partial charge in [-0.25, -0.2) is 0 Å². The first-order chi connectivity index (χ1) is 28.5. The van der Waals surface area contributed by atoms with E-state index in [0.717, 1.165) is 57.8 Å². The maximum absolute atomic E-state index is 12.8. The van der Waals surface area contributed by atoms with Crippen LogP contribution in [0.3, 0.4) is 0 Å². The summed E-state index contributed by atoms with van der Waals surface area (Å²) in [6, 6.07) is 0. The fourth-order valence-corrected chi connectivity index (χ4v) is 7.61. The zero-order valence-corrected chi connectivity index (χ0v) is 39.1. The number of allylic oxidation sites excluding steroid dienone is 2. The van der Waals surface area contributed by atoms with Gasteiger partial charge in [0.15, 0.2) is 6.10 Å². The van der Waals surface area contributed by atoms with Crippen LogP contribution in [0.25, 0.3) is 0 Å². The van der Waals surface area contributed by atoms with E-state index in [1.807, 2.05) is 0 Å². The van der Waals surface area contributed by atoms with Gasteiger partial charge in [-0.2, -0.15) is 0 Å². The molecule has 0 aromatic carbocycles. The van der Waals surface area contributed by atoms with Crippen molar-refractivity contribution in [3.05, 3.63) is 12.2 Å². The minimum atomic E-state index is -0.763. The van der Waals surface area contributed by atoms with E-state index in [0.29, 0.717) is 19.3 Å². The molecule has 0 N–H and O–H groups in total. The Morgan fingerprint density at radius 1 is 0.328 bits per heavy atom. The maximum atomic E-state index is 12.8. The third-order valence-electron chi connectivity index (χ3n) is 11.5. The molecular formula is C52H98O6. The second kappa shape index (κ2) is 47.8. The van der Waals surface area contributed by atoms with Crippen molar-refractivity contribution in [1.29, 1.82) is 0 Å². The van der Waals surface area contributed by atoms with Crippen molar-refractivity contribution in [1.82, 2.24) is 0 Å². The predicted molar refractivity (Wildman–Crippen MR) is 247 cm³/mol. The molecule has 0 fully saturated rings. The van der Waals surface area contributed by atoms with E-state index in [1.165, 1.54) is 186 Å². The van der Waals surface area contributed by atoms with Gasteiger partial charge in [0, 0.05) is 19.3 Å². The highest BCUT2D eigenvalue weighted by molar-refractivity contribution is 5.71. The number of esters is 3. The van der Waals surface area contributed by atoms with Crippen molar-refractivity contribution in [2.75, 3.05) is 13.2 Å². The van der Waals surface area contributed by atoms with Gasteiger partial charge in [0.05, 0.1) is 0 Å². The van der Waals surface area contributed by atoms with Gasteiger partial charge in [0.2, 0.25) is 0 Å². The van der Waals surface area contributed by atoms with Crippen LogP contribution in [0.15, 0.2) is 12.2 Å². The summed E-state index contributed by atoms with van der Waals surface area (Å²) in [6.07, 6.45) is 52.0. The zero-order chi connectivity index (χ0) is 42.3. The van der Waals surface area contributed by atoms with Crippen LogP contribution < -0.4 is 0 Å². The highest BCUT2D eigenvalue weighted by Gasteiger charge is 2.19. The van der Waals surface area contributed by atoms with Crippen LogP contribution in [-0.4, -0.2) is 37.2 Å². The predicted octanol–water partition coefficient (Wildman–Crippen LogP) is 16.6. The number of ether oxygens (including phenoxy) is 3. The van der Waals surface area contributed by atoms with Gasteiger partial charge in [0.25, 0.3) is 0 Å². The molecule has 6 heteroatoms. The molecule has 1 unspecified atom stereocenters. The second-order valence-corrected chi connectivity index (χ2v) is 17.4. The van der Waals surface area contributed by atoms with E-state index in [-0.39, 0.29) is 31.1 Å². The molecule has 0 bridgehead atoms. The molecule has 0 saturated carbocycles. The largest absolute Gasteiger partial charge is 0.462 e. The lowest BCUT2D eigenvalue weighted by Gasteiger charge is -2.18. The molecule has 0 aliphatic heterocycles. The fourth-order valence-electron chi connectivity index (χ4n) is 7.61. The smallest absolute Gasteiger partial charge is 0.306 e. The third-order valence-corrected chi connectivity index (χ3v) is 11.5. The van der Waals surface area contributed by atoms with Crippen LogP contribution in [0.4, 0.5) is 0 Å². The van der Waals surface area contributed by atoms with Crippen molar-refractivity contribution >= 4 is 17.9 Å². The molecule has 0 rings (SSSR count). The molecule has 0 aromatic rings. The van der Waals surface area contributed by atoms with Crippen LogP contribution in [-0.2, 0) is 28.6 Å². The van der Waals surface area contributed by atoms with Gasteiger partial charge >= 0.3 is 17.9 Å². The van der Waals surface area contributed by atoms with E-state index in [1.54, 1.807) is 0 Å². The Kier molecular flexibility index (Phi) is 46.3. The fraction of sp³-hybridized carbons (Fsp3) is 0.904. The van der Waals surface area contributed by atoms with E-state index in [9.17, 15) is 14.4 Å². The molecule has 0 amide bonds. The Morgan fingerprint density at radius 2 is 0.569 bits per heavy atom. The SMILES string of the molecule is CCCCCCCC/C=C\CCCCCCCCCC(=O)OCC(COC(=O)CCCCCCCCCC)OC(=O)CCCCCCCCCCCCCCCCC. The first kappa shape index (κ1) is 56.1. The molecule has 0 aromatic heterocycles. The minimum absolute atomic E-state index is 0.0668. The van der Waals surface area contributed by atoms with E-state index < -0.39 is 6.10 Å². The molecule has 58 heavy (non-hydrogen) atoms. The lowest BCUT2D eigenvalue weighted by molar-refractivity contribution is -0.167. The monoisotopic (exact) mass is 819 g/mol. The van der Waals surface area contributed by atoms with Crippen LogP contribution in [0.1, 0.15) is 284 Å². The summed E-state index contributed by atoms with van der Waals surface area (Å²) in [5, 5.41) is 0. The molecule has 0 saturated heterocycles. The zero-order valence-electron chi connectivity index (χ0n) is 39.1. The molecule has 0 radical (unpaired) electrons. The molecule has 342 valence electrons. The molecular weight excluding hydrogens is 721 g/mol. The molecule has 0 aliphatic rings. The van der Waals surface area contributed by atoms with Gasteiger partial charge in [-0.15, -0.1) is 0 Å². The first-order valence-corrected chi connectivity index (χ1v) is 25.7. The number of carbonyl (C=O) groups is 3. The van der Waals surface area contributed by atoms with E-state index >= 15 is 0 Å². The van der Waals surface area contributed by atoms with Crippen molar-refractivity contribution < 1.29 is 28.6 Å². The quantitative estimate of drug-likeness (QED) is 0.0263. The van der Waals surface area contributed by atoms with E-state index in [2.05, 4.69) is 32.9 Å². The average Bonchev–Trinajstić information content (AvgIpc) is 3.22. The summed E-state index contributed by atoms with van der Waals surface area (Å²) in [5.74, 6) is -0.860. The van der Waals surface area contributed by atoms with Gasteiger partial charge in [-0.3, -0.25) is 14.4 Å². The summed E-state index contributed by atoms with van der Waals surface area (Å²) in [4.78, 5) is 37.8. The Labute approximate surface area is 360 Å². The summed E-state index contributed by atoms with van der Waals surface area (Å²) in [5.41, 5.74) is 0.